The van der Waals surface area contributed by atoms with Crippen LogP contribution in [0.1, 0.15) is 28.4 Å². The number of aliphatic hydroxyl groups is 1. The molecule has 2 aromatic rings. The number of nitrogens with zero attached hydrogens (tertiary/aromatic N) is 3. The van der Waals surface area contributed by atoms with Crippen LogP contribution in [-0.2, 0) is 17.7 Å². The Kier molecular flexibility index (Phi) is 6.23. The summed E-state index contributed by atoms with van der Waals surface area (Å²) >= 11 is 1.72. The molecular formula is C15H23N4O2S+. The molecule has 0 aliphatic rings. The van der Waals surface area contributed by atoms with Crippen LogP contribution >= 0.6 is 11.3 Å². The number of ether oxygens (including phenoxy) is 1. The van der Waals surface area contributed by atoms with Crippen molar-refractivity contribution in [1.82, 2.24) is 9.97 Å². The van der Waals surface area contributed by atoms with Gasteiger partial charge < -0.3 is 15.6 Å². The first-order chi connectivity index (χ1) is 10.6. The van der Waals surface area contributed by atoms with E-state index in [-0.39, 0.29) is 6.61 Å². The van der Waals surface area contributed by atoms with Crippen LogP contribution in [0.2, 0.25) is 0 Å². The third kappa shape index (κ3) is 4.46. The molecule has 0 atom stereocenters. The normalized spacial score (nSPS) is 11.0. The van der Waals surface area contributed by atoms with Crippen LogP contribution in [0, 0.1) is 13.8 Å². The standard InChI is InChI=1S/C15H23N4O2S/c1-11-14(4-7-21-6-3-5-20)22-10-19(11)9-13-8-17-12(2)18-15(13)16/h8,10,20H,3-7,9H2,1-2H3,(H2,16,17,18)/q+1. The van der Waals surface area contributed by atoms with Crippen molar-refractivity contribution < 1.29 is 14.4 Å². The van der Waals surface area contributed by atoms with Gasteiger partial charge in [0, 0.05) is 32.8 Å². The first-order valence-electron chi connectivity index (χ1n) is 7.34. The quantitative estimate of drug-likeness (QED) is 0.559. The molecule has 0 aromatic carbocycles. The van der Waals surface area contributed by atoms with Crippen molar-refractivity contribution >= 4 is 17.2 Å². The number of nitrogens with two attached hydrogens (primary N) is 1. The van der Waals surface area contributed by atoms with Crippen LogP contribution in [0.25, 0.3) is 0 Å². The van der Waals surface area contributed by atoms with Gasteiger partial charge in [0.1, 0.15) is 11.6 Å². The van der Waals surface area contributed by atoms with Crippen molar-refractivity contribution in [3.63, 3.8) is 0 Å². The van der Waals surface area contributed by atoms with Crippen LogP contribution in [0.3, 0.4) is 0 Å². The number of rotatable bonds is 8. The zero-order valence-corrected chi connectivity index (χ0v) is 13.9. The minimum absolute atomic E-state index is 0.179. The molecule has 0 aliphatic carbocycles. The molecule has 0 unspecified atom stereocenters. The number of aliphatic hydroxyl groups excluding tert-OH is 1. The highest BCUT2D eigenvalue weighted by atomic mass is 32.1. The number of hydrogen-bond acceptors (Lipinski definition) is 6. The van der Waals surface area contributed by atoms with E-state index in [0.29, 0.717) is 37.8 Å². The highest BCUT2D eigenvalue weighted by Gasteiger charge is 2.17. The SMILES string of the molecule is Cc1ncc(C[n+]2csc(CCOCCCO)c2C)c(N)n1. The number of anilines is 1. The lowest BCUT2D eigenvalue weighted by Crippen LogP contribution is -2.35. The van der Waals surface area contributed by atoms with Gasteiger partial charge in [-0.2, -0.15) is 4.57 Å². The molecule has 3 N–H and O–H groups in total. The molecule has 120 valence electrons. The Morgan fingerprint density at radius 1 is 1.36 bits per heavy atom. The average molecular weight is 323 g/mol. The molecule has 0 amide bonds. The minimum Gasteiger partial charge on any atom is -0.396 e. The largest absolute Gasteiger partial charge is 0.396 e. The Bertz CT molecular complexity index is 616. The molecule has 7 heteroatoms. The van der Waals surface area contributed by atoms with E-state index < -0.39 is 0 Å². The zero-order chi connectivity index (χ0) is 15.9. The molecule has 0 fully saturated rings. The molecule has 0 radical (unpaired) electrons. The number of hydrogen-bond donors (Lipinski definition) is 2. The van der Waals surface area contributed by atoms with Gasteiger partial charge in [-0.05, 0) is 13.3 Å². The molecule has 0 saturated heterocycles. The molecule has 6 nitrogen and oxygen atoms in total. The summed E-state index contributed by atoms with van der Waals surface area (Å²) in [6.45, 7) is 6.08. The average Bonchev–Trinajstić information content (AvgIpc) is 2.83. The first kappa shape index (κ1) is 16.8. The van der Waals surface area contributed by atoms with Gasteiger partial charge in [0.05, 0.1) is 17.0 Å². The number of aryl methyl sites for hydroxylation is 1. The highest BCUT2D eigenvalue weighted by Crippen LogP contribution is 2.14. The highest BCUT2D eigenvalue weighted by molar-refractivity contribution is 7.09. The molecule has 0 bridgehead atoms. The van der Waals surface area contributed by atoms with Gasteiger partial charge >= 0.3 is 0 Å². The van der Waals surface area contributed by atoms with Crippen LogP contribution in [-0.4, -0.2) is 34.9 Å². The summed E-state index contributed by atoms with van der Waals surface area (Å²) in [4.78, 5) is 9.71. The monoisotopic (exact) mass is 323 g/mol. The van der Waals surface area contributed by atoms with E-state index >= 15 is 0 Å². The minimum atomic E-state index is 0.179. The van der Waals surface area contributed by atoms with Gasteiger partial charge in [-0.3, -0.25) is 0 Å². The van der Waals surface area contributed by atoms with Gasteiger partial charge in [0.25, 0.3) is 0 Å². The summed E-state index contributed by atoms with van der Waals surface area (Å²) < 4.78 is 7.66. The lowest BCUT2D eigenvalue weighted by Gasteiger charge is -2.03. The maximum absolute atomic E-state index is 8.71. The first-order valence-corrected chi connectivity index (χ1v) is 8.22. The smallest absolute Gasteiger partial charge is 0.225 e. The number of aromatic nitrogens is 3. The molecule has 2 heterocycles. The van der Waals surface area contributed by atoms with Crippen LogP contribution in [0.5, 0.6) is 0 Å². The third-order valence-electron chi connectivity index (χ3n) is 3.44. The number of thiazole rings is 1. The van der Waals surface area contributed by atoms with Crippen LogP contribution < -0.4 is 10.3 Å². The van der Waals surface area contributed by atoms with Gasteiger partial charge in [-0.25, -0.2) is 9.97 Å². The van der Waals surface area contributed by atoms with E-state index in [4.69, 9.17) is 15.6 Å². The molecule has 0 spiro atoms. The summed E-state index contributed by atoms with van der Waals surface area (Å²) in [7, 11) is 0. The fraction of sp³-hybridized carbons (Fsp3) is 0.533. The Balaban J connectivity index is 1.95. The predicted molar refractivity (Wildman–Crippen MR) is 85.8 cm³/mol. The summed E-state index contributed by atoms with van der Waals surface area (Å²) in [5, 5.41) is 8.71. The Hall–Kier alpha value is -1.57. The molecule has 22 heavy (non-hydrogen) atoms. The fourth-order valence-corrected chi connectivity index (χ4v) is 3.07. The van der Waals surface area contributed by atoms with Crippen molar-refractivity contribution in [3.05, 3.63) is 33.7 Å². The third-order valence-corrected chi connectivity index (χ3v) is 4.58. The Labute approximate surface area is 134 Å². The summed E-state index contributed by atoms with van der Waals surface area (Å²) in [5.74, 6) is 1.23. The second kappa shape index (κ2) is 8.17. The van der Waals surface area contributed by atoms with Gasteiger partial charge in [0.15, 0.2) is 12.2 Å². The predicted octanol–water partition coefficient (Wildman–Crippen LogP) is 1.01. The molecule has 2 rings (SSSR count). The van der Waals surface area contributed by atoms with Gasteiger partial charge in [-0.1, -0.05) is 11.3 Å². The van der Waals surface area contributed by atoms with Gasteiger partial charge in [0.2, 0.25) is 5.51 Å². The van der Waals surface area contributed by atoms with Crippen LogP contribution in [0.4, 0.5) is 5.82 Å². The van der Waals surface area contributed by atoms with E-state index in [9.17, 15) is 0 Å². The summed E-state index contributed by atoms with van der Waals surface area (Å²) in [6, 6.07) is 0. The summed E-state index contributed by atoms with van der Waals surface area (Å²) in [6.07, 6.45) is 3.37. The van der Waals surface area contributed by atoms with E-state index in [1.807, 2.05) is 6.92 Å². The molecular weight excluding hydrogens is 300 g/mol. The number of nitrogen functional groups attached to an aromatic ring is 1. The second-order valence-electron chi connectivity index (χ2n) is 5.13. The topological polar surface area (TPSA) is 85.1 Å². The van der Waals surface area contributed by atoms with E-state index in [1.165, 1.54) is 10.6 Å². The van der Waals surface area contributed by atoms with Crippen LogP contribution in [0.15, 0.2) is 11.7 Å². The Morgan fingerprint density at radius 2 is 2.18 bits per heavy atom. The van der Waals surface area contributed by atoms with Crippen molar-refractivity contribution in [2.45, 2.75) is 33.2 Å². The van der Waals surface area contributed by atoms with E-state index in [0.717, 1.165) is 12.0 Å². The Morgan fingerprint density at radius 3 is 2.91 bits per heavy atom. The molecule has 2 aromatic heterocycles. The van der Waals surface area contributed by atoms with Gasteiger partial charge in [-0.15, -0.1) is 0 Å². The van der Waals surface area contributed by atoms with E-state index in [1.54, 1.807) is 17.5 Å². The van der Waals surface area contributed by atoms with Crippen molar-refractivity contribution in [2.75, 3.05) is 25.6 Å². The summed E-state index contributed by atoms with van der Waals surface area (Å²) in [5.41, 5.74) is 10.2. The lowest BCUT2D eigenvalue weighted by atomic mass is 10.2. The zero-order valence-electron chi connectivity index (χ0n) is 13.1. The van der Waals surface area contributed by atoms with Crippen molar-refractivity contribution in [1.29, 1.82) is 0 Å². The van der Waals surface area contributed by atoms with E-state index in [2.05, 4.69) is 27.0 Å². The maximum atomic E-state index is 8.71. The maximum Gasteiger partial charge on any atom is 0.225 e. The molecule has 0 saturated carbocycles. The lowest BCUT2D eigenvalue weighted by molar-refractivity contribution is -0.689. The second-order valence-corrected chi connectivity index (χ2v) is 6.07. The van der Waals surface area contributed by atoms with Crippen molar-refractivity contribution in [2.24, 2.45) is 0 Å². The van der Waals surface area contributed by atoms with Crippen molar-refractivity contribution in [3.8, 4) is 0 Å². The fourth-order valence-electron chi connectivity index (χ4n) is 2.10. The molecule has 0 aliphatic heterocycles.